The van der Waals surface area contributed by atoms with Gasteiger partial charge in [0.15, 0.2) is 0 Å². The monoisotopic (exact) mass is 489 g/mol. The zero-order valence-corrected chi connectivity index (χ0v) is 19.9. The van der Waals surface area contributed by atoms with Crippen LogP contribution in [0.3, 0.4) is 0 Å². The zero-order chi connectivity index (χ0) is 24.2. The van der Waals surface area contributed by atoms with Crippen LogP contribution in [0.15, 0.2) is 76.6 Å². The van der Waals surface area contributed by atoms with Crippen LogP contribution in [0, 0.1) is 5.82 Å². The van der Waals surface area contributed by atoms with Crippen molar-refractivity contribution in [1.29, 1.82) is 0 Å². The normalized spacial score (nSPS) is 14.6. The van der Waals surface area contributed by atoms with E-state index in [0.717, 1.165) is 25.7 Å². The topological polar surface area (TPSA) is 56.5 Å². The van der Waals surface area contributed by atoms with E-state index in [4.69, 9.17) is 21.3 Å². The molecular formula is C28H25ClFN3O2. The second-order valence-electron chi connectivity index (χ2n) is 8.75. The van der Waals surface area contributed by atoms with Gasteiger partial charge in [-0.05, 0) is 49.2 Å². The highest BCUT2D eigenvalue weighted by Crippen LogP contribution is 2.32. The molecule has 1 aliphatic rings. The van der Waals surface area contributed by atoms with Crippen LogP contribution in [-0.2, 0) is 6.61 Å². The van der Waals surface area contributed by atoms with Gasteiger partial charge < -0.3 is 4.74 Å². The van der Waals surface area contributed by atoms with Crippen molar-refractivity contribution in [3.8, 4) is 5.75 Å². The van der Waals surface area contributed by atoms with Crippen LogP contribution in [-0.4, -0.2) is 15.9 Å². The van der Waals surface area contributed by atoms with Crippen molar-refractivity contribution in [2.24, 2.45) is 5.10 Å². The maximum atomic E-state index is 14.0. The van der Waals surface area contributed by atoms with Gasteiger partial charge in [0.05, 0.1) is 17.1 Å². The summed E-state index contributed by atoms with van der Waals surface area (Å²) in [6.45, 7) is 0.0555. The summed E-state index contributed by atoms with van der Waals surface area (Å²) in [5.74, 6) is 1.01. The fraction of sp³-hybridized carbons (Fsp3) is 0.250. The number of hydrogen-bond donors (Lipinski definition) is 0. The van der Waals surface area contributed by atoms with Crippen LogP contribution in [0.1, 0.15) is 55.0 Å². The van der Waals surface area contributed by atoms with Gasteiger partial charge in [0, 0.05) is 22.1 Å². The summed E-state index contributed by atoms with van der Waals surface area (Å²) in [7, 11) is 0. The number of ether oxygens (including phenoxy) is 1. The molecule has 7 heteroatoms. The van der Waals surface area contributed by atoms with Gasteiger partial charge in [-0.1, -0.05) is 61.2 Å². The minimum atomic E-state index is -0.331. The molecular weight excluding hydrogens is 465 g/mol. The van der Waals surface area contributed by atoms with Gasteiger partial charge in [0.25, 0.3) is 5.56 Å². The summed E-state index contributed by atoms with van der Waals surface area (Å²) in [5.41, 5.74) is 1.51. The molecule has 0 unspecified atom stereocenters. The Kier molecular flexibility index (Phi) is 6.91. The largest absolute Gasteiger partial charge is 0.488 e. The Hall–Kier alpha value is -3.51. The molecule has 0 bridgehead atoms. The highest BCUT2D eigenvalue weighted by molar-refractivity contribution is 6.30. The lowest BCUT2D eigenvalue weighted by Crippen LogP contribution is -2.25. The number of rotatable bonds is 6. The lowest BCUT2D eigenvalue weighted by Gasteiger charge is -2.22. The molecule has 4 aromatic rings. The molecule has 35 heavy (non-hydrogen) atoms. The summed E-state index contributed by atoms with van der Waals surface area (Å²) in [4.78, 5) is 18.3. The number of hydrogen-bond acceptors (Lipinski definition) is 4. The molecule has 0 aliphatic heterocycles. The standard InChI is InChI=1S/C28H25ClFN3O2/c29-22-14-15-26(35-18-20-10-4-6-12-24(20)30)21(16-22)17-31-33-27(19-8-2-1-3-9-19)32-25-13-7-5-11-23(25)28(33)34/h4-7,10-17,19H,1-3,8-9,18H2. The first-order valence-electron chi connectivity index (χ1n) is 11.8. The van der Waals surface area contributed by atoms with Crippen molar-refractivity contribution in [3.63, 3.8) is 0 Å². The second kappa shape index (κ2) is 10.4. The van der Waals surface area contributed by atoms with Gasteiger partial charge in [-0.3, -0.25) is 4.79 Å². The lowest BCUT2D eigenvalue weighted by atomic mass is 9.88. The Balaban J connectivity index is 1.53. The Labute approximate surface area is 207 Å². The lowest BCUT2D eigenvalue weighted by molar-refractivity contribution is 0.299. The number of para-hydroxylation sites is 1. The smallest absolute Gasteiger partial charge is 0.282 e. The van der Waals surface area contributed by atoms with E-state index >= 15 is 0 Å². The Morgan fingerprint density at radius 1 is 1.06 bits per heavy atom. The van der Waals surface area contributed by atoms with Gasteiger partial charge in [-0.25, -0.2) is 9.37 Å². The summed E-state index contributed by atoms with van der Waals surface area (Å²) in [6, 6.07) is 18.9. The first-order chi connectivity index (χ1) is 17.1. The van der Waals surface area contributed by atoms with Gasteiger partial charge in [-0.15, -0.1) is 0 Å². The maximum absolute atomic E-state index is 14.0. The maximum Gasteiger partial charge on any atom is 0.282 e. The first kappa shape index (κ1) is 23.2. The van der Waals surface area contributed by atoms with E-state index in [1.54, 1.807) is 48.7 Å². The van der Waals surface area contributed by atoms with Crippen molar-refractivity contribution >= 4 is 28.7 Å². The molecule has 0 N–H and O–H groups in total. The summed E-state index contributed by atoms with van der Waals surface area (Å²) < 4.78 is 21.4. The third kappa shape index (κ3) is 5.13. The molecule has 0 saturated heterocycles. The van der Waals surface area contributed by atoms with E-state index in [2.05, 4.69) is 5.10 Å². The molecule has 178 valence electrons. The second-order valence-corrected chi connectivity index (χ2v) is 9.18. The molecule has 5 nitrogen and oxygen atoms in total. The highest BCUT2D eigenvalue weighted by Gasteiger charge is 2.22. The van der Waals surface area contributed by atoms with Crippen molar-refractivity contribution < 1.29 is 9.13 Å². The van der Waals surface area contributed by atoms with Gasteiger partial charge in [-0.2, -0.15) is 9.78 Å². The average molecular weight is 490 g/mol. The molecule has 1 heterocycles. The quantitative estimate of drug-likeness (QED) is 0.283. The molecule has 1 saturated carbocycles. The van der Waals surface area contributed by atoms with E-state index in [-0.39, 0.29) is 23.9 Å². The van der Waals surface area contributed by atoms with Gasteiger partial charge >= 0.3 is 0 Å². The molecule has 0 radical (unpaired) electrons. The minimum absolute atomic E-state index is 0.0555. The third-order valence-electron chi connectivity index (χ3n) is 6.37. The minimum Gasteiger partial charge on any atom is -0.488 e. The SMILES string of the molecule is O=c1c2ccccc2nc(C2CCCCC2)n1N=Cc1cc(Cl)ccc1OCc1ccccc1F. The van der Waals surface area contributed by atoms with Crippen LogP contribution in [0.5, 0.6) is 5.75 Å². The molecule has 0 amide bonds. The first-order valence-corrected chi connectivity index (χ1v) is 12.2. The van der Waals surface area contributed by atoms with Crippen molar-refractivity contribution in [1.82, 2.24) is 9.66 Å². The fourth-order valence-corrected chi connectivity index (χ4v) is 4.70. The summed E-state index contributed by atoms with van der Waals surface area (Å²) >= 11 is 6.25. The van der Waals surface area contributed by atoms with Crippen LogP contribution in [0.25, 0.3) is 10.9 Å². The number of nitrogens with zero attached hydrogens (tertiary/aromatic N) is 3. The van der Waals surface area contributed by atoms with Crippen LogP contribution in [0.4, 0.5) is 4.39 Å². The predicted molar refractivity (Wildman–Crippen MR) is 137 cm³/mol. The van der Waals surface area contributed by atoms with Gasteiger partial charge in [0.2, 0.25) is 0 Å². The molecule has 5 rings (SSSR count). The number of benzene rings is 3. The fourth-order valence-electron chi connectivity index (χ4n) is 4.52. The van der Waals surface area contributed by atoms with E-state index in [1.807, 2.05) is 18.2 Å². The van der Waals surface area contributed by atoms with E-state index in [9.17, 15) is 9.18 Å². The number of fused-ring (bicyclic) bond motifs is 1. The molecule has 0 spiro atoms. The number of halogens is 2. The Morgan fingerprint density at radius 3 is 2.66 bits per heavy atom. The van der Waals surface area contributed by atoms with Crippen LogP contribution in [0.2, 0.25) is 5.02 Å². The van der Waals surface area contributed by atoms with Crippen LogP contribution >= 0.6 is 11.6 Å². The summed E-state index contributed by atoms with van der Waals surface area (Å²) in [5, 5.41) is 5.60. The van der Waals surface area contributed by atoms with Crippen molar-refractivity contribution in [2.45, 2.75) is 44.6 Å². The Morgan fingerprint density at radius 2 is 1.83 bits per heavy atom. The average Bonchev–Trinajstić information content (AvgIpc) is 2.89. The molecule has 1 aromatic heterocycles. The van der Waals surface area contributed by atoms with Gasteiger partial charge in [0.1, 0.15) is 24.0 Å². The van der Waals surface area contributed by atoms with E-state index in [0.29, 0.717) is 38.6 Å². The predicted octanol–water partition coefficient (Wildman–Crippen LogP) is 6.70. The molecule has 3 aromatic carbocycles. The van der Waals surface area contributed by atoms with E-state index in [1.165, 1.54) is 17.2 Å². The third-order valence-corrected chi connectivity index (χ3v) is 6.61. The van der Waals surface area contributed by atoms with Crippen molar-refractivity contribution in [2.75, 3.05) is 0 Å². The number of aromatic nitrogens is 2. The summed E-state index contributed by atoms with van der Waals surface area (Å²) in [6.07, 6.45) is 6.94. The zero-order valence-electron chi connectivity index (χ0n) is 19.2. The Bertz CT molecular complexity index is 1440. The van der Waals surface area contributed by atoms with Crippen molar-refractivity contribution in [3.05, 3.63) is 105 Å². The molecule has 1 aliphatic carbocycles. The van der Waals surface area contributed by atoms with Crippen LogP contribution < -0.4 is 10.3 Å². The van der Waals surface area contributed by atoms with E-state index < -0.39 is 0 Å². The highest BCUT2D eigenvalue weighted by atomic mass is 35.5. The molecule has 0 atom stereocenters. The molecule has 1 fully saturated rings.